The number of fused-ring (bicyclic) bond motifs is 1. The van der Waals surface area contributed by atoms with E-state index in [4.69, 9.17) is 0 Å². The number of hydrogen-bond acceptors (Lipinski definition) is 7. The Labute approximate surface area is 140 Å². The van der Waals surface area contributed by atoms with Crippen LogP contribution in [0.25, 0.3) is 11.2 Å². The van der Waals surface area contributed by atoms with Gasteiger partial charge in [-0.2, -0.15) is 0 Å². The number of imidazole rings is 1. The van der Waals surface area contributed by atoms with Crippen molar-refractivity contribution in [1.82, 2.24) is 24.4 Å². The van der Waals surface area contributed by atoms with Gasteiger partial charge < -0.3 is 19.7 Å². The number of nitrogens with zero attached hydrogens (tertiary/aromatic N) is 6. The number of aliphatic hydroxyl groups is 2. The van der Waals surface area contributed by atoms with Crippen LogP contribution in [0.4, 0.5) is 5.82 Å². The van der Waals surface area contributed by atoms with Crippen molar-refractivity contribution in [3.8, 4) is 0 Å². The maximum absolute atomic E-state index is 9.86. The number of hydrogen-bond donors (Lipinski definition) is 2. The van der Waals surface area contributed by atoms with E-state index >= 15 is 0 Å². The molecule has 2 aromatic heterocycles. The van der Waals surface area contributed by atoms with Crippen LogP contribution in [0.1, 0.15) is 25.8 Å². The van der Waals surface area contributed by atoms with Crippen LogP contribution in [-0.2, 0) is 0 Å². The van der Waals surface area contributed by atoms with Gasteiger partial charge in [-0.05, 0) is 26.8 Å². The zero-order chi connectivity index (χ0) is 16.8. The number of aromatic nitrogens is 4. The number of anilines is 1. The predicted molar refractivity (Wildman–Crippen MR) is 89.9 cm³/mol. The summed E-state index contributed by atoms with van der Waals surface area (Å²) in [6.45, 7) is 3.39. The minimum Gasteiger partial charge on any atom is -0.394 e. The Morgan fingerprint density at radius 3 is 2.62 bits per heavy atom. The standard InChI is InChI=1S/C16H24N6O2/c1-10(24)13(7-23)22-9-19-14-15(17-8-18-16(14)22)21-5-12(6-21)20(2)11-3-4-11/h8-13,23-24H,3-7H2,1-2H3/t10-,13+/m1/s1. The second-order valence-electron chi connectivity index (χ2n) is 6.97. The molecule has 2 atom stereocenters. The van der Waals surface area contributed by atoms with E-state index in [0.29, 0.717) is 11.7 Å². The van der Waals surface area contributed by atoms with E-state index in [9.17, 15) is 10.2 Å². The molecule has 2 aromatic rings. The molecule has 4 rings (SSSR count). The van der Waals surface area contributed by atoms with Crippen LogP contribution in [0.5, 0.6) is 0 Å². The maximum Gasteiger partial charge on any atom is 0.165 e. The third-order valence-corrected chi connectivity index (χ3v) is 5.30. The normalized spacial score (nSPS) is 21.3. The first-order valence-corrected chi connectivity index (χ1v) is 8.53. The van der Waals surface area contributed by atoms with Gasteiger partial charge >= 0.3 is 0 Å². The Hall–Kier alpha value is -1.77. The van der Waals surface area contributed by atoms with Gasteiger partial charge in [0, 0.05) is 25.2 Å². The highest BCUT2D eigenvalue weighted by molar-refractivity contribution is 5.84. The monoisotopic (exact) mass is 332 g/mol. The molecule has 1 saturated carbocycles. The smallest absolute Gasteiger partial charge is 0.165 e. The van der Waals surface area contributed by atoms with Crippen LogP contribution >= 0.6 is 0 Å². The third kappa shape index (κ3) is 2.54. The van der Waals surface area contributed by atoms with E-state index in [2.05, 4.69) is 31.8 Å². The van der Waals surface area contributed by atoms with E-state index in [1.807, 2.05) is 0 Å². The Morgan fingerprint density at radius 1 is 1.25 bits per heavy atom. The highest BCUT2D eigenvalue weighted by Gasteiger charge is 2.38. The molecule has 0 bridgehead atoms. The van der Waals surface area contributed by atoms with Gasteiger partial charge in [-0.15, -0.1) is 0 Å². The highest BCUT2D eigenvalue weighted by atomic mass is 16.3. The topological polar surface area (TPSA) is 90.5 Å². The molecule has 0 unspecified atom stereocenters. The summed E-state index contributed by atoms with van der Waals surface area (Å²) < 4.78 is 1.73. The molecule has 2 fully saturated rings. The van der Waals surface area contributed by atoms with Crippen molar-refractivity contribution >= 4 is 17.0 Å². The second-order valence-corrected chi connectivity index (χ2v) is 6.97. The molecule has 1 aliphatic carbocycles. The van der Waals surface area contributed by atoms with Crippen molar-refractivity contribution < 1.29 is 10.2 Å². The Kier molecular flexibility index (Phi) is 3.90. The summed E-state index contributed by atoms with van der Waals surface area (Å²) in [5, 5.41) is 19.4. The zero-order valence-corrected chi connectivity index (χ0v) is 14.1. The summed E-state index contributed by atoms with van der Waals surface area (Å²) in [5.41, 5.74) is 1.38. The molecule has 1 saturated heterocycles. The zero-order valence-electron chi connectivity index (χ0n) is 14.1. The summed E-state index contributed by atoms with van der Waals surface area (Å²) in [7, 11) is 2.21. The van der Waals surface area contributed by atoms with E-state index in [1.165, 1.54) is 19.2 Å². The van der Waals surface area contributed by atoms with E-state index in [0.717, 1.165) is 30.5 Å². The SMILES string of the molecule is C[C@@H](O)[C@H](CO)n1cnc2c(N3CC(N(C)C4CC4)C3)ncnc21. The maximum atomic E-state index is 9.86. The molecule has 3 heterocycles. The molecule has 1 aliphatic heterocycles. The lowest BCUT2D eigenvalue weighted by Gasteiger charge is -2.44. The summed E-state index contributed by atoms with van der Waals surface area (Å²) in [5.74, 6) is 0.835. The minimum atomic E-state index is -0.689. The molecule has 2 aliphatic rings. The Morgan fingerprint density at radius 2 is 2.00 bits per heavy atom. The minimum absolute atomic E-state index is 0.166. The summed E-state index contributed by atoms with van der Waals surface area (Å²) in [6.07, 6.45) is 5.11. The number of rotatable bonds is 6. The average Bonchev–Trinajstić information content (AvgIpc) is 3.28. The molecular weight excluding hydrogens is 308 g/mol. The summed E-state index contributed by atoms with van der Waals surface area (Å²) in [6, 6.07) is 0.883. The van der Waals surface area contributed by atoms with Crippen LogP contribution in [0.3, 0.4) is 0 Å². The van der Waals surface area contributed by atoms with Crippen LogP contribution in [0, 0.1) is 0 Å². The van der Waals surface area contributed by atoms with Crippen LogP contribution < -0.4 is 4.90 Å². The molecule has 0 spiro atoms. The van der Waals surface area contributed by atoms with E-state index in [-0.39, 0.29) is 6.61 Å². The molecule has 24 heavy (non-hydrogen) atoms. The van der Waals surface area contributed by atoms with Gasteiger partial charge in [0.05, 0.1) is 25.1 Å². The fourth-order valence-electron chi connectivity index (χ4n) is 3.45. The number of aliphatic hydroxyl groups excluding tert-OH is 2. The van der Waals surface area contributed by atoms with Crippen LogP contribution in [0.2, 0.25) is 0 Å². The van der Waals surface area contributed by atoms with Gasteiger partial charge in [-0.1, -0.05) is 0 Å². The van der Waals surface area contributed by atoms with Gasteiger partial charge in [-0.25, -0.2) is 15.0 Å². The van der Waals surface area contributed by atoms with Gasteiger partial charge in [-0.3, -0.25) is 4.90 Å². The Bertz CT molecular complexity index is 722. The highest BCUT2D eigenvalue weighted by Crippen LogP contribution is 2.33. The van der Waals surface area contributed by atoms with Gasteiger partial charge in [0.1, 0.15) is 6.33 Å². The summed E-state index contributed by atoms with van der Waals surface area (Å²) >= 11 is 0. The molecule has 0 amide bonds. The van der Waals surface area contributed by atoms with Gasteiger partial charge in [0.25, 0.3) is 0 Å². The fourth-order valence-corrected chi connectivity index (χ4v) is 3.45. The lowest BCUT2D eigenvalue weighted by Crippen LogP contribution is -2.59. The lowest BCUT2D eigenvalue weighted by molar-refractivity contribution is 0.0885. The quantitative estimate of drug-likeness (QED) is 0.771. The largest absolute Gasteiger partial charge is 0.394 e. The third-order valence-electron chi connectivity index (χ3n) is 5.30. The fraction of sp³-hybridized carbons (Fsp3) is 0.688. The van der Waals surface area contributed by atoms with Crippen molar-refractivity contribution in [3.63, 3.8) is 0 Å². The predicted octanol–water partition coefficient (Wildman–Crippen LogP) is 0.0233. The van der Waals surface area contributed by atoms with Crippen molar-refractivity contribution in [3.05, 3.63) is 12.7 Å². The van der Waals surface area contributed by atoms with Crippen molar-refractivity contribution in [1.29, 1.82) is 0 Å². The van der Waals surface area contributed by atoms with Crippen LogP contribution in [-0.4, -0.2) is 79.6 Å². The van der Waals surface area contributed by atoms with Crippen molar-refractivity contribution in [2.75, 3.05) is 31.6 Å². The summed E-state index contributed by atoms with van der Waals surface area (Å²) in [4.78, 5) is 17.9. The average molecular weight is 332 g/mol. The lowest BCUT2D eigenvalue weighted by atomic mass is 10.1. The molecule has 0 radical (unpaired) electrons. The Balaban J connectivity index is 1.58. The van der Waals surface area contributed by atoms with Gasteiger partial charge in [0.15, 0.2) is 17.0 Å². The number of likely N-dealkylation sites (N-methyl/N-ethyl adjacent to an activating group) is 1. The molecular formula is C16H24N6O2. The van der Waals surface area contributed by atoms with Gasteiger partial charge in [0.2, 0.25) is 0 Å². The molecule has 0 aromatic carbocycles. The van der Waals surface area contributed by atoms with Crippen molar-refractivity contribution in [2.45, 2.75) is 44.0 Å². The van der Waals surface area contributed by atoms with E-state index < -0.39 is 12.1 Å². The molecule has 130 valence electrons. The van der Waals surface area contributed by atoms with Crippen LogP contribution in [0.15, 0.2) is 12.7 Å². The first-order chi connectivity index (χ1) is 11.6. The second kappa shape index (κ2) is 5.94. The van der Waals surface area contributed by atoms with E-state index in [1.54, 1.807) is 17.8 Å². The first kappa shape index (κ1) is 15.7. The molecule has 8 nitrogen and oxygen atoms in total. The first-order valence-electron chi connectivity index (χ1n) is 8.53. The van der Waals surface area contributed by atoms with Crippen molar-refractivity contribution in [2.24, 2.45) is 0 Å². The molecule has 8 heteroatoms. The molecule has 2 N–H and O–H groups in total.